The molecular weight excluding hydrogens is 190 g/mol. The van der Waals surface area contributed by atoms with Crippen LogP contribution in [0.3, 0.4) is 0 Å². The summed E-state index contributed by atoms with van der Waals surface area (Å²) in [5.41, 5.74) is 0.294. The van der Waals surface area contributed by atoms with Crippen molar-refractivity contribution in [3.05, 3.63) is 0 Å². The molecular formula is C12H23NO2. The second-order valence-corrected chi connectivity index (χ2v) is 5.96. The zero-order valence-corrected chi connectivity index (χ0v) is 10.4. The Morgan fingerprint density at radius 2 is 1.80 bits per heavy atom. The van der Waals surface area contributed by atoms with Crippen LogP contribution in [0.1, 0.15) is 33.6 Å². The molecule has 2 heterocycles. The van der Waals surface area contributed by atoms with Gasteiger partial charge in [0.1, 0.15) is 0 Å². The molecule has 2 rings (SSSR count). The third-order valence-corrected chi connectivity index (χ3v) is 3.55. The van der Waals surface area contributed by atoms with Gasteiger partial charge in [-0.2, -0.15) is 0 Å². The first kappa shape index (κ1) is 11.4. The van der Waals surface area contributed by atoms with Crippen LogP contribution in [0.2, 0.25) is 0 Å². The largest absolute Gasteiger partial charge is 0.349 e. The SMILES string of the molecule is CN1CC2(C[C@H]1C(C)(C)C)OCCCO2. The molecule has 1 spiro atoms. The number of rotatable bonds is 0. The molecule has 2 aliphatic heterocycles. The van der Waals surface area contributed by atoms with Crippen molar-refractivity contribution >= 4 is 0 Å². The zero-order chi connectivity index (χ0) is 11.1. The van der Waals surface area contributed by atoms with Crippen LogP contribution in [-0.2, 0) is 9.47 Å². The standard InChI is InChI=1S/C12H23NO2/c1-11(2,3)10-8-12(9-13(10)4)14-6-5-7-15-12/h10H,5-9H2,1-4H3/t10-/m0/s1. The Bertz CT molecular complexity index is 228. The number of hydrogen-bond donors (Lipinski definition) is 0. The summed E-state index contributed by atoms with van der Waals surface area (Å²) in [6.45, 7) is 9.48. The molecule has 0 N–H and O–H groups in total. The molecule has 0 aliphatic carbocycles. The fraction of sp³-hybridized carbons (Fsp3) is 1.00. The van der Waals surface area contributed by atoms with Gasteiger partial charge in [0.25, 0.3) is 0 Å². The predicted octanol–water partition coefficient (Wildman–Crippen LogP) is 1.87. The van der Waals surface area contributed by atoms with Crippen molar-refractivity contribution < 1.29 is 9.47 Å². The number of nitrogens with zero attached hydrogens (tertiary/aromatic N) is 1. The summed E-state index contributed by atoms with van der Waals surface area (Å²) in [7, 11) is 2.17. The molecule has 0 aromatic heterocycles. The highest BCUT2D eigenvalue weighted by Crippen LogP contribution is 2.40. The van der Waals surface area contributed by atoms with Gasteiger partial charge in [-0.05, 0) is 18.9 Å². The minimum absolute atomic E-state index is 0.294. The molecule has 0 unspecified atom stereocenters. The zero-order valence-electron chi connectivity index (χ0n) is 10.4. The van der Waals surface area contributed by atoms with E-state index in [9.17, 15) is 0 Å². The third kappa shape index (κ3) is 2.19. The summed E-state index contributed by atoms with van der Waals surface area (Å²) < 4.78 is 11.7. The Morgan fingerprint density at radius 3 is 2.27 bits per heavy atom. The summed E-state index contributed by atoms with van der Waals surface area (Å²) in [6.07, 6.45) is 2.04. The van der Waals surface area contributed by atoms with Crippen LogP contribution in [0.25, 0.3) is 0 Å². The van der Waals surface area contributed by atoms with Crippen molar-refractivity contribution in [2.45, 2.75) is 45.4 Å². The quantitative estimate of drug-likeness (QED) is 0.613. The van der Waals surface area contributed by atoms with E-state index in [-0.39, 0.29) is 5.79 Å². The lowest BCUT2D eigenvalue weighted by molar-refractivity contribution is -0.257. The normalized spacial score (nSPS) is 32.4. The molecule has 3 heteroatoms. The molecule has 1 atom stereocenters. The van der Waals surface area contributed by atoms with Crippen LogP contribution in [0.5, 0.6) is 0 Å². The number of hydrogen-bond acceptors (Lipinski definition) is 3. The highest BCUT2D eigenvalue weighted by Gasteiger charge is 2.49. The van der Waals surface area contributed by atoms with Gasteiger partial charge in [-0.25, -0.2) is 0 Å². The second kappa shape index (κ2) is 3.72. The number of ether oxygens (including phenoxy) is 2. The van der Waals surface area contributed by atoms with Gasteiger partial charge < -0.3 is 9.47 Å². The lowest BCUT2D eigenvalue weighted by atomic mass is 9.84. The Labute approximate surface area is 92.7 Å². The smallest absolute Gasteiger partial charge is 0.182 e. The minimum atomic E-state index is -0.301. The van der Waals surface area contributed by atoms with E-state index >= 15 is 0 Å². The molecule has 2 saturated heterocycles. The first-order chi connectivity index (χ1) is 6.93. The summed E-state index contributed by atoms with van der Waals surface area (Å²) in [5, 5.41) is 0. The lowest BCUT2D eigenvalue weighted by Gasteiger charge is -2.34. The molecule has 0 amide bonds. The Hall–Kier alpha value is -0.120. The van der Waals surface area contributed by atoms with Gasteiger partial charge >= 0.3 is 0 Å². The van der Waals surface area contributed by atoms with Crippen LogP contribution in [0.15, 0.2) is 0 Å². The van der Waals surface area contributed by atoms with Gasteiger partial charge in [0.05, 0.1) is 19.8 Å². The molecule has 0 aromatic carbocycles. The first-order valence-corrected chi connectivity index (χ1v) is 5.91. The van der Waals surface area contributed by atoms with E-state index in [1.165, 1.54) is 0 Å². The first-order valence-electron chi connectivity index (χ1n) is 5.91. The van der Waals surface area contributed by atoms with Gasteiger partial charge in [0.15, 0.2) is 5.79 Å². The van der Waals surface area contributed by atoms with Crippen molar-refractivity contribution in [2.24, 2.45) is 5.41 Å². The lowest BCUT2D eigenvalue weighted by Crippen LogP contribution is -2.42. The van der Waals surface area contributed by atoms with E-state index in [1.807, 2.05) is 0 Å². The van der Waals surface area contributed by atoms with E-state index in [2.05, 4.69) is 32.7 Å². The van der Waals surface area contributed by atoms with E-state index in [4.69, 9.17) is 9.47 Å². The summed E-state index contributed by atoms with van der Waals surface area (Å²) in [4.78, 5) is 2.38. The number of likely N-dealkylation sites (tertiary alicyclic amines) is 1. The molecule has 88 valence electrons. The predicted molar refractivity (Wildman–Crippen MR) is 59.7 cm³/mol. The van der Waals surface area contributed by atoms with Gasteiger partial charge in [-0.3, -0.25) is 4.90 Å². The van der Waals surface area contributed by atoms with Gasteiger partial charge in [-0.1, -0.05) is 20.8 Å². The van der Waals surface area contributed by atoms with Crippen LogP contribution in [0, 0.1) is 5.41 Å². The Morgan fingerprint density at radius 1 is 1.20 bits per heavy atom. The average Bonchev–Trinajstić information content (AvgIpc) is 2.44. The van der Waals surface area contributed by atoms with E-state index in [0.29, 0.717) is 11.5 Å². The fourth-order valence-electron chi connectivity index (χ4n) is 2.80. The van der Waals surface area contributed by atoms with Crippen LogP contribution in [-0.4, -0.2) is 43.5 Å². The van der Waals surface area contributed by atoms with Crippen LogP contribution in [0.4, 0.5) is 0 Å². The van der Waals surface area contributed by atoms with Crippen molar-refractivity contribution in [3.8, 4) is 0 Å². The van der Waals surface area contributed by atoms with Crippen molar-refractivity contribution in [1.29, 1.82) is 0 Å². The summed E-state index contributed by atoms with van der Waals surface area (Å²) in [5.74, 6) is -0.301. The molecule has 0 aromatic rings. The highest BCUT2D eigenvalue weighted by molar-refractivity contribution is 4.96. The van der Waals surface area contributed by atoms with Crippen molar-refractivity contribution in [3.63, 3.8) is 0 Å². The highest BCUT2D eigenvalue weighted by atomic mass is 16.7. The maximum atomic E-state index is 5.86. The monoisotopic (exact) mass is 213 g/mol. The molecule has 0 radical (unpaired) electrons. The van der Waals surface area contributed by atoms with E-state index in [1.54, 1.807) is 0 Å². The van der Waals surface area contributed by atoms with Crippen LogP contribution >= 0.6 is 0 Å². The van der Waals surface area contributed by atoms with E-state index in [0.717, 1.165) is 32.6 Å². The summed E-state index contributed by atoms with van der Waals surface area (Å²) in [6, 6.07) is 0.551. The molecule has 0 bridgehead atoms. The maximum Gasteiger partial charge on any atom is 0.182 e. The Balaban J connectivity index is 2.08. The minimum Gasteiger partial charge on any atom is -0.349 e. The Kier molecular flexibility index (Phi) is 2.82. The second-order valence-electron chi connectivity index (χ2n) is 5.96. The van der Waals surface area contributed by atoms with Gasteiger partial charge in [-0.15, -0.1) is 0 Å². The van der Waals surface area contributed by atoms with Crippen molar-refractivity contribution in [2.75, 3.05) is 26.8 Å². The van der Waals surface area contributed by atoms with Crippen LogP contribution < -0.4 is 0 Å². The molecule has 3 nitrogen and oxygen atoms in total. The molecule has 2 aliphatic rings. The van der Waals surface area contributed by atoms with Gasteiger partial charge in [0.2, 0.25) is 0 Å². The summed E-state index contributed by atoms with van der Waals surface area (Å²) >= 11 is 0. The van der Waals surface area contributed by atoms with Gasteiger partial charge in [0, 0.05) is 12.5 Å². The maximum absolute atomic E-state index is 5.86. The average molecular weight is 213 g/mol. The topological polar surface area (TPSA) is 21.7 Å². The number of likely N-dealkylation sites (N-methyl/N-ethyl adjacent to an activating group) is 1. The molecule has 15 heavy (non-hydrogen) atoms. The fourth-order valence-corrected chi connectivity index (χ4v) is 2.80. The molecule has 0 saturated carbocycles. The third-order valence-electron chi connectivity index (χ3n) is 3.55. The van der Waals surface area contributed by atoms with E-state index < -0.39 is 0 Å². The molecule has 2 fully saturated rings. The van der Waals surface area contributed by atoms with Crippen molar-refractivity contribution in [1.82, 2.24) is 4.90 Å².